The van der Waals surface area contributed by atoms with Crippen molar-refractivity contribution in [1.29, 1.82) is 5.41 Å². The van der Waals surface area contributed by atoms with E-state index in [1.807, 2.05) is 0 Å². The Balaban J connectivity index is 3.32. The summed E-state index contributed by atoms with van der Waals surface area (Å²) < 4.78 is 37.8. The van der Waals surface area contributed by atoms with Crippen LogP contribution in [0.3, 0.4) is 0 Å². The molecule has 0 aliphatic rings. The van der Waals surface area contributed by atoms with E-state index in [2.05, 4.69) is 0 Å². The predicted molar refractivity (Wildman–Crippen MR) is 53.3 cm³/mol. The van der Waals surface area contributed by atoms with Crippen LogP contribution in [0, 0.1) is 5.41 Å². The highest BCUT2D eigenvalue weighted by Gasteiger charge is 2.33. The highest BCUT2D eigenvalue weighted by atomic mass is 19.4. The maximum absolute atomic E-state index is 12.6. The second kappa shape index (κ2) is 4.04. The molecular formula is C11H12F3N. The third-order valence-electron chi connectivity index (χ3n) is 2.23. The molecule has 0 aromatic heterocycles. The summed E-state index contributed by atoms with van der Waals surface area (Å²) in [6.07, 6.45) is -4.00. The van der Waals surface area contributed by atoms with Gasteiger partial charge in [-0.1, -0.05) is 19.1 Å². The minimum atomic E-state index is -4.34. The van der Waals surface area contributed by atoms with Crippen LogP contribution in [-0.2, 0) is 12.6 Å². The van der Waals surface area contributed by atoms with Gasteiger partial charge in [0.15, 0.2) is 0 Å². The summed E-state index contributed by atoms with van der Waals surface area (Å²) in [5.74, 6) is 0. The average molecular weight is 215 g/mol. The maximum atomic E-state index is 12.6. The van der Waals surface area contributed by atoms with Crippen LogP contribution in [0.15, 0.2) is 18.2 Å². The minimum Gasteiger partial charge on any atom is -0.305 e. The molecule has 0 saturated heterocycles. The Morgan fingerprint density at radius 3 is 2.33 bits per heavy atom. The van der Waals surface area contributed by atoms with E-state index in [4.69, 9.17) is 5.41 Å². The van der Waals surface area contributed by atoms with Gasteiger partial charge in [0, 0.05) is 5.71 Å². The number of nitrogens with one attached hydrogen (secondary N) is 1. The first-order chi connectivity index (χ1) is 6.86. The lowest BCUT2D eigenvalue weighted by molar-refractivity contribution is -0.138. The number of rotatable bonds is 2. The zero-order valence-corrected chi connectivity index (χ0v) is 8.57. The summed E-state index contributed by atoms with van der Waals surface area (Å²) >= 11 is 0. The van der Waals surface area contributed by atoms with Crippen molar-refractivity contribution in [2.75, 3.05) is 0 Å². The molecule has 0 saturated carbocycles. The molecule has 0 amide bonds. The van der Waals surface area contributed by atoms with Crippen molar-refractivity contribution in [2.24, 2.45) is 0 Å². The molecule has 0 bridgehead atoms. The smallest absolute Gasteiger partial charge is 0.305 e. The summed E-state index contributed by atoms with van der Waals surface area (Å²) in [5, 5.41) is 7.30. The van der Waals surface area contributed by atoms with E-state index in [0.717, 1.165) is 6.07 Å². The molecule has 0 spiro atoms. The highest BCUT2D eigenvalue weighted by molar-refractivity contribution is 5.96. The van der Waals surface area contributed by atoms with Crippen molar-refractivity contribution in [3.63, 3.8) is 0 Å². The molecule has 15 heavy (non-hydrogen) atoms. The number of aryl methyl sites for hydroxylation is 1. The third kappa shape index (κ3) is 2.58. The minimum absolute atomic E-state index is 0.142. The summed E-state index contributed by atoms with van der Waals surface area (Å²) in [6.45, 7) is 3.16. The van der Waals surface area contributed by atoms with E-state index < -0.39 is 11.7 Å². The lowest BCUT2D eigenvalue weighted by Gasteiger charge is -2.13. The molecule has 0 unspecified atom stereocenters. The van der Waals surface area contributed by atoms with Gasteiger partial charge in [-0.15, -0.1) is 0 Å². The van der Waals surface area contributed by atoms with Gasteiger partial charge in [0.1, 0.15) is 0 Å². The van der Waals surface area contributed by atoms with Crippen molar-refractivity contribution in [3.8, 4) is 0 Å². The van der Waals surface area contributed by atoms with Crippen LogP contribution in [0.1, 0.15) is 30.5 Å². The predicted octanol–water partition coefficient (Wildman–Crippen LogP) is 3.66. The number of alkyl halides is 3. The SMILES string of the molecule is CCc1ccc(C(C)=N)cc1C(F)(F)F. The third-order valence-corrected chi connectivity index (χ3v) is 2.23. The fourth-order valence-electron chi connectivity index (χ4n) is 1.38. The molecule has 1 N–H and O–H groups in total. The van der Waals surface area contributed by atoms with E-state index in [0.29, 0.717) is 12.0 Å². The Kier molecular flexibility index (Phi) is 3.17. The monoisotopic (exact) mass is 215 g/mol. The molecule has 0 aliphatic carbocycles. The summed E-state index contributed by atoms with van der Waals surface area (Å²) in [4.78, 5) is 0. The van der Waals surface area contributed by atoms with Crippen molar-refractivity contribution in [1.82, 2.24) is 0 Å². The first-order valence-corrected chi connectivity index (χ1v) is 4.62. The van der Waals surface area contributed by atoms with Crippen LogP contribution in [-0.4, -0.2) is 5.71 Å². The topological polar surface area (TPSA) is 23.9 Å². The van der Waals surface area contributed by atoms with Gasteiger partial charge in [-0.25, -0.2) is 0 Å². The van der Waals surface area contributed by atoms with Gasteiger partial charge < -0.3 is 5.41 Å². The van der Waals surface area contributed by atoms with E-state index in [1.165, 1.54) is 13.0 Å². The van der Waals surface area contributed by atoms with Crippen molar-refractivity contribution in [2.45, 2.75) is 26.4 Å². The summed E-state index contributed by atoms with van der Waals surface area (Å²) in [6, 6.07) is 4.04. The van der Waals surface area contributed by atoms with Crippen LogP contribution < -0.4 is 0 Å². The van der Waals surface area contributed by atoms with Gasteiger partial charge in [0.2, 0.25) is 0 Å². The molecule has 0 atom stereocenters. The lowest BCUT2D eigenvalue weighted by atomic mass is 10.00. The Hall–Kier alpha value is -1.32. The van der Waals surface area contributed by atoms with E-state index >= 15 is 0 Å². The molecule has 4 heteroatoms. The van der Waals surface area contributed by atoms with E-state index in [1.54, 1.807) is 13.0 Å². The van der Waals surface area contributed by atoms with Gasteiger partial charge in [0.05, 0.1) is 5.56 Å². The fourth-order valence-corrected chi connectivity index (χ4v) is 1.38. The molecule has 1 aromatic carbocycles. The molecule has 1 nitrogen and oxygen atoms in total. The number of halogens is 3. The highest BCUT2D eigenvalue weighted by Crippen LogP contribution is 2.33. The number of hydrogen-bond acceptors (Lipinski definition) is 1. The van der Waals surface area contributed by atoms with Gasteiger partial charge in [-0.2, -0.15) is 13.2 Å². The van der Waals surface area contributed by atoms with Crippen molar-refractivity contribution >= 4 is 5.71 Å². The largest absolute Gasteiger partial charge is 0.416 e. The van der Waals surface area contributed by atoms with Crippen LogP contribution >= 0.6 is 0 Å². The molecule has 0 aliphatic heterocycles. The van der Waals surface area contributed by atoms with Crippen molar-refractivity contribution in [3.05, 3.63) is 34.9 Å². The standard InChI is InChI=1S/C11H12F3N/c1-3-8-4-5-9(7(2)15)6-10(8)11(12,13)14/h4-6,15H,3H2,1-2H3. The molecule has 0 radical (unpaired) electrons. The van der Waals surface area contributed by atoms with Crippen LogP contribution in [0.5, 0.6) is 0 Å². The Morgan fingerprint density at radius 2 is 1.93 bits per heavy atom. The van der Waals surface area contributed by atoms with Crippen LogP contribution in [0.2, 0.25) is 0 Å². The molecule has 0 heterocycles. The zero-order chi connectivity index (χ0) is 11.6. The van der Waals surface area contributed by atoms with Gasteiger partial charge >= 0.3 is 6.18 Å². The van der Waals surface area contributed by atoms with Gasteiger partial charge in [-0.3, -0.25) is 0 Å². The molecule has 82 valence electrons. The average Bonchev–Trinajstić information content (AvgIpc) is 2.15. The first-order valence-electron chi connectivity index (χ1n) is 4.62. The Bertz CT molecular complexity index is 380. The van der Waals surface area contributed by atoms with Crippen LogP contribution in [0.25, 0.3) is 0 Å². The Labute approximate surface area is 86.4 Å². The fraction of sp³-hybridized carbons (Fsp3) is 0.364. The normalized spacial score (nSPS) is 11.5. The molecule has 1 rings (SSSR count). The summed E-state index contributed by atoms with van der Waals surface area (Å²) in [7, 11) is 0. The van der Waals surface area contributed by atoms with E-state index in [-0.39, 0.29) is 11.3 Å². The summed E-state index contributed by atoms with van der Waals surface area (Å²) in [5.41, 5.74) is 0.101. The van der Waals surface area contributed by atoms with Gasteiger partial charge in [-0.05, 0) is 30.5 Å². The number of hydrogen-bond donors (Lipinski definition) is 1. The molecule has 1 aromatic rings. The second-order valence-electron chi connectivity index (χ2n) is 3.35. The molecular weight excluding hydrogens is 203 g/mol. The molecule has 0 fully saturated rings. The van der Waals surface area contributed by atoms with Crippen LogP contribution in [0.4, 0.5) is 13.2 Å². The van der Waals surface area contributed by atoms with Crippen molar-refractivity contribution < 1.29 is 13.2 Å². The second-order valence-corrected chi connectivity index (χ2v) is 3.35. The quantitative estimate of drug-likeness (QED) is 0.728. The van der Waals surface area contributed by atoms with E-state index in [9.17, 15) is 13.2 Å². The number of benzene rings is 1. The first kappa shape index (κ1) is 11.8. The maximum Gasteiger partial charge on any atom is 0.416 e. The lowest BCUT2D eigenvalue weighted by Crippen LogP contribution is -2.10. The Morgan fingerprint density at radius 1 is 1.33 bits per heavy atom. The van der Waals surface area contributed by atoms with Gasteiger partial charge in [0.25, 0.3) is 0 Å². The zero-order valence-electron chi connectivity index (χ0n) is 8.57.